The van der Waals surface area contributed by atoms with Crippen LogP contribution in [0, 0.1) is 0 Å². The highest BCUT2D eigenvalue weighted by Gasteiger charge is 2.47. The quantitative estimate of drug-likeness (QED) is 0.101. The van der Waals surface area contributed by atoms with Gasteiger partial charge in [0.1, 0.15) is 0 Å². The molecule has 0 N–H and O–H groups in total. The zero-order chi connectivity index (χ0) is 88.5. The molecule has 4 heterocycles. The van der Waals surface area contributed by atoms with Crippen molar-refractivity contribution in [2.24, 2.45) is 0 Å². The molecule has 0 saturated heterocycles. The minimum absolute atomic E-state index is 0.283. The third kappa shape index (κ3) is 14.1. The summed E-state index contributed by atoms with van der Waals surface area (Å²) in [5, 5.41) is 4.80. The molecule has 0 saturated carbocycles. The smallest absolute Gasteiger partial charge is 0.252 e. The van der Waals surface area contributed by atoms with Crippen molar-refractivity contribution in [1.29, 1.82) is 0 Å². The summed E-state index contributed by atoms with van der Waals surface area (Å²) in [4.78, 5) is 5.54. The first kappa shape index (κ1) is 80.0. The fraction of sp³-hybridized carbons (Fsp3) is 0.0952. The van der Waals surface area contributed by atoms with Crippen molar-refractivity contribution < 1.29 is 0 Å². The van der Waals surface area contributed by atoms with Gasteiger partial charge in [-0.1, -0.05) is 378 Å². The van der Waals surface area contributed by atoms with Crippen molar-refractivity contribution in [3.63, 3.8) is 0 Å². The maximum Gasteiger partial charge on any atom is 0.252 e. The molecule has 21 aromatic rings. The summed E-state index contributed by atoms with van der Waals surface area (Å²) in [7, 11) is 0. The number of para-hydroxylation sites is 2. The van der Waals surface area contributed by atoms with Gasteiger partial charge in [0.2, 0.25) is 0 Å². The molecule has 23 rings (SSSR count). The van der Waals surface area contributed by atoms with Gasteiger partial charge in [-0.3, -0.25) is 0 Å². The van der Waals surface area contributed by atoms with E-state index in [0.717, 1.165) is 134 Å². The van der Waals surface area contributed by atoms with Crippen LogP contribution < -0.4 is 26.2 Å². The summed E-state index contributed by atoms with van der Waals surface area (Å²) in [5.41, 5.74) is 42.8. The van der Waals surface area contributed by atoms with Crippen LogP contribution in [-0.4, -0.2) is 15.8 Å². The average Bonchev–Trinajstić information content (AvgIpc) is 1.65. The number of nitrogens with zero attached hydrogens (tertiary/aromatic N) is 4. The molecule has 5 heteroatoms. The van der Waals surface area contributed by atoms with Gasteiger partial charge in [-0.25, -0.2) is 0 Å². The number of aromatic nitrogens is 2. The Morgan fingerprint density at radius 3 is 0.779 bits per heavy atom. The molecule has 2 aliphatic rings. The SMILES string of the molecule is CC(C)(C)c1cc(-c2ccccc2)c(N2c3cc(-n4c5ccccc5c5cc(-c6ccccc6)ccc54)ccc3B3c4ccc(-n5c6ccccc6c6cc(-c7ccccc7)ccc65)cc4N(c4c(-c5ccccc5)cc(C(C)(C)C)cc4-c4cccc(-c5cccc(-c6ccccc6)c5)c4)c4cc(C(C)(C)C)cc2c43)c(-c2cccc(-c3cccc(-c4ccccc4)c3)c2)c1. The topological polar surface area (TPSA) is 16.3 Å². The van der Waals surface area contributed by atoms with Gasteiger partial charge in [0.25, 0.3) is 6.71 Å². The fourth-order valence-corrected chi connectivity index (χ4v) is 20.8. The zero-order valence-corrected chi connectivity index (χ0v) is 75.4. The highest BCUT2D eigenvalue weighted by atomic mass is 15.2. The number of hydrogen-bond donors (Lipinski definition) is 0. The molecule has 0 fully saturated rings. The van der Waals surface area contributed by atoms with E-state index in [-0.39, 0.29) is 17.5 Å². The molecule has 0 unspecified atom stereocenters. The second-order valence-electron chi connectivity index (χ2n) is 38.8. The summed E-state index contributed by atoms with van der Waals surface area (Å²) in [6.45, 7) is 21.2. The molecule has 2 aromatic heterocycles. The van der Waals surface area contributed by atoms with E-state index in [1.807, 2.05) is 0 Å². The van der Waals surface area contributed by atoms with E-state index in [9.17, 15) is 0 Å². The molecular formula is C126H99BN4. The number of rotatable bonds is 14. The lowest BCUT2D eigenvalue weighted by Crippen LogP contribution is -2.61. The Labute approximate surface area is 769 Å². The normalized spacial score (nSPS) is 12.6. The van der Waals surface area contributed by atoms with E-state index in [1.54, 1.807) is 0 Å². The predicted molar refractivity (Wildman–Crippen MR) is 560 cm³/mol. The molecule has 131 heavy (non-hydrogen) atoms. The monoisotopic (exact) mass is 1680 g/mol. The summed E-state index contributed by atoms with van der Waals surface area (Å²) in [6.07, 6.45) is 0. The molecule has 626 valence electrons. The molecule has 0 spiro atoms. The van der Waals surface area contributed by atoms with Crippen LogP contribution in [0.1, 0.15) is 79.0 Å². The summed E-state index contributed by atoms with van der Waals surface area (Å²) in [6, 6.07) is 166. The van der Waals surface area contributed by atoms with Crippen LogP contribution in [0.5, 0.6) is 0 Å². The Morgan fingerprint density at radius 1 is 0.183 bits per heavy atom. The lowest BCUT2D eigenvalue weighted by atomic mass is 9.33. The van der Waals surface area contributed by atoms with Crippen LogP contribution in [0.2, 0.25) is 0 Å². The van der Waals surface area contributed by atoms with Crippen LogP contribution >= 0.6 is 0 Å². The van der Waals surface area contributed by atoms with E-state index < -0.39 is 5.41 Å². The van der Waals surface area contributed by atoms with Gasteiger partial charge in [0, 0.05) is 77.9 Å². The molecule has 0 atom stereocenters. The number of anilines is 6. The standard InChI is InChI=1S/C126H99BN4/c1-124(2,3)98-74-105(86-44-24-14-25-45-86)122(107(76-98)96-54-34-52-92(70-96)90-50-32-48-88(68-90)82-36-16-10-17-37-82)130-117-80-101(128-113-58-30-28-56-103(113)109-72-94(60-66-115(109)128)84-40-20-12-21-41-84)62-64-111(117)127-112-65-63-102(129-114-59-31-29-57-104(114)110-73-95(61-67-116(110)129)85-42-22-13-23-43-85)81-118(112)131(120-79-100(126(7,8)9)78-119(130)121(120)127)123-106(87-46-26-15-27-47-87)75-99(125(4,5)6)77-108(123)97-55-35-53-93(71-97)91-51-33-49-89(69-91)83-38-18-11-19-39-83/h10-81H,1-9H3. The second kappa shape index (κ2) is 31.7. The Balaban J connectivity index is 0.866. The van der Waals surface area contributed by atoms with Crippen LogP contribution in [0.4, 0.5) is 34.1 Å². The largest absolute Gasteiger partial charge is 0.310 e. The maximum atomic E-state index is 2.77. The lowest BCUT2D eigenvalue weighted by Gasteiger charge is -2.47. The molecule has 0 amide bonds. The first-order valence-electron chi connectivity index (χ1n) is 46.1. The van der Waals surface area contributed by atoms with Crippen molar-refractivity contribution in [3.8, 4) is 123 Å². The van der Waals surface area contributed by atoms with Crippen molar-refractivity contribution in [2.45, 2.75) is 78.6 Å². The van der Waals surface area contributed by atoms with Gasteiger partial charge < -0.3 is 18.9 Å². The molecule has 0 bridgehead atoms. The third-order valence-corrected chi connectivity index (χ3v) is 27.5. The van der Waals surface area contributed by atoms with Gasteiger partial charge >= 0.3 is 0 Å². The van der Waals surface area contributed by atoms with E-state index >= 15 is 0 Å². The minimum atomic E-state index is -0.417. The highest BCUT2D eigenvalue weighted by Crippen LogP contribution is 2.57. The Hall–Kier alpha value is -15.6. The first-order chi connectivity index (χ1) is 63.9. The van der Waals surface area contributed by atoms with Gasteiger partial charge in [-0.2, -0.15) is 0 Å². The van der Waals surface area contributed by atoms with Crippen molar-refractivity contribution in [3.05, 3.63) is 453 Å². The van der Waals surface area contributed by atoms with E-state index in [1.165, 1.54) is 99.1 Å². The lowest BCUT2D eigenvalue weighted by molar-refractivity contribution is 0.590. The van der Waals surface area contributed by atoms with Crippen molar-refractivity contribution in [2.75, 3.05) is 9.80 Å². The Kier molecular flexibility index (Phi) is 19.4. The summed E-state index contributed by atoms with van der Waals surface area (Å²) < 4.78 is 5.08. The predicted octanol–water partition coefficient (Wildman–Crippen LogP) is 32.5. The van der Waals surface area contributed by atoms with Crippen molar-refractivity contribution in [1.82, 2.24) is 9.13 Å². The van der Waals surface area contributed by atoms with Crippen molar-refractivity contribution >= 4 is 101 Å². The van der Waals surface area contributed by atoms with Gasteiger partial charge in [-0.15, -0.1) is 0 Å². The second-order valence-corrected chi connectivity index (χ2v) is 38.8. The maximum absolute atomic E-state index is 2.77. The average molecular weight is 1680 g/mol. The number of benzene rings is 19. The Bertz CT molecular complexity index is 7600. The van der Waals surface area contributed by atoms with Gasteiger partial charge in [-0.05, 0) is 260 Å². The van der Waals surface area contributed by atoms with Gasteiger partial charge in [0.15, 0.2) is 0 Å². The minimum Gasteiger partial charge on any atom is -0.310 e. The summed E-state index contributed by atoms with van der Waals surface area (Å²) in [5.74, 6) is 0. The van der Waals surface area contributed by atoms with Crippen LogP contribution in [0.3, 0.4) is 0 Å². The van der Waals surface area contributed by atoms with E-state index in [4.69, 9.17) is 0 Å². The Morgan fingerprint density at radius 2 is 0.443 bits per heavy atom. The molecule has 0 radical (unpaired) electrons. The number of fused-ring (bicyclic) bond motifs is 10. The molecule has 19 aromatic carbocycles. The van der Waals surface area contributed by atoms with E-state index in [0.29, 0.717) is 0 Å². The van der Waals surface area contributed by atoms with Crippen LogP contribution in [0.25, 0.3) is 166 Å². The fourth-order valence-electron chi connectivity index (χ4n) is 20.8. The van der Waals surface area contributed by atoms with Crippen LogP contribution in [0.15, 0.2) is 437 Å². The zero-order valence-electron chi connectivity index (χ0n) is 75.4. The molecule has 4 nitrogen and oxygen atoms in total. The molecule has 2 aliphatic heterocycles. The number of hydrogen-bond acceptors (Lipinski definition) is 2. The van der Waals surface area contributed by atoms with Gasteiger partial charge in [0.05, 0.1) is 33.4 Å². The van der Waals surface area contributed by atoms with Crippen LogP contribution in [-0.2, 0) is 16.2 Å². The molecule has 0 aliphatic carbocycles. The third-order valence-electron chi connectivity index (χ3n) is 27.5. The summed E-state index contributed by atoms with van der Waals surface area (Å²) >= 11 is 0. The first-order valence-corrected chi connectivity index (χ1v) is 46.1. The molecular weight excluding hydrogens is 1580 g/mol. The highest BCUT2D eigenvalue weighted by molar-refractivity contribution is 7.00. The van der Waals surface area contributed by atoms with E-state index in [2.05, 4.69) is 518 Å².